The highest BCUT2D eigenvalue weighted by molar-refractivity contribution is 6.12. The van der Waals surface area contributed by atoms with Crippen LogP contribution in [0.1, 0.15) is 112 Å². The number of benzene rings is 1. The van der Waals surface area contributed by atoms with Gasteiger partial charge in [-0.3, -0.25) is 38.5 Å². The molecule has 0 radical (unpaired) electrons. The molecule has 4 rings (SSSR count). The van der Waals surface area contributed by atoms with E-state index in [1.54, 1.807) is 38.1 Å². The van der Waals surface area contributed by atoms with E-state index in [1.165, 1.54) is 36.2 Å². The molecule has 0 unspecified atom stereocenters. The number of hydrogen-bond donors (Lipinski definition) is 2. The molecule has 3 aliphatic rings. The van der Waals surface area contributed by atoms with Crippen LogP contribution in [0.5, 0.6) is 0 Å². The highest BCUT2D eigenvalue weighted by Gasteiger charge is 2.57. The number of carboxylic acids is 1. The number of ketones is 1. The second-order valence-corrected chi connectivity index (χ2v) is 19.7. The number of carbonyl (C=O) groups excluding carboxylic acids is 7. The SMILES string of the molecule is CC[C@H](C)[C@@H]([C@@H](CC(=O)N1[C@H]2C[C@H]2C[C@H]1[C@H](OC)[C@@H](C)C(=O)N[C@@H](Cc1ccccc1)C(=O)O)OC)N(C)C(=O)[C@@H](CC(=O)[C@H](C(C)C)N(C)C(=O)CCCCCN1C(=O)C=CC1=O)C(C)C. The fourth-order valence-corrected chi connectivity index (χ4v) is 10.3. The maximum atomic E-state index is 14.7. The Morgan fingerprint density at radius 1 is 0.836 bits per heavy atom. The van der Waals surface area contributed by atoms with Crippen LogP contribution < -0.4 is 5.32 Å². The summed E-state index contributed by atoms with van der Waals surface area (Å²) in [6.07, 6.45) is 5.09. The third-order valence-electron chi connectivity index (χ3n) is 14.5. The number of piperidine rings is 1. The van der Waals surface area contributed by atoms with Gasteiger partial charge in [0.05, 0.1) is 42.7 Å². The first-order chi connectivity index (χ1) is 31.7. The van der Waals surface area contributed by atoms with Crippen molar-refractivity contribution in [1.29, 1.82) is 0 Å². The number of likely N-dealkylation sites (N-methyl/N-ethyl adjacent to an activating group) is 2. The number of nitrogens with zero attached hydrogens (tertiary/aromatic N) is 4. The number of aliphatic carboxylic acids is 1. The van der Waals surface area contributed by atoms with Gasteiger partial charge in [-0.25, -0.2) is 4.79 Å². The van der Waals surface area contributed by atoms with Gasteiger partial charge in [-0.1, -0.05) is 91.6 Å². The second kappa shape index (κ2) is 24.9. The van der Waals surface area contributed by atoms with Crippen molar-refractivity contribution >= 4 is 47.2 Å². The number of likely N-dealkylation sites (tertiary alicyclic amines) is 1. The molecule has 16 heteroatoms. The molecule has 11 atom stereocenters. The van der Waals surface area contributed by atoms with Gasteiger partial charge < -0.3 is 34.6 Å². The van der Waals surface area contributed by atoms with Crippen molar-refractivity contribution in [2.75, 3.05) is 34.9 Å². The first-order valence-corrected chi connectivity index (χ1v) is 24.2. The third-order valence-corrected chi connectivity index (χ3v) is 14.5. The van der Waals surface area contributed by atoms with Crippen molar-refractivity contribution in [2.24, 2.45) is 35.5 Å². The summed E-state index contributed by atoms with van der Waals surface area (Å²) in [6.45, 7) is 13.6. The van der Waals surface area contributed by atoms with E-state index in [1.807, 2.05) is 64.6 Å². The van der Waals surface area contributed by atoms with E-state index in [-0.39, 0.29) is 97.3 Å². The van der Waals surface area contributed by atoms with Crippen LogP contribution in [0.3, 0.4) is 0 Å². The number of methoxy groups -OCH3 is 2. The average Bonchev–Trinajstić information content (AvgIpc) is 3.83. The molecule has 1 saturated heterocycles. The molecular formula is C51H77N5O11. The molecule has 16 nitrogen and oxygen atoms in total. The van der Waals surface area contributed by atoms with Crippen LogP contribution in [-0.4, -0.2) is 149 Å². The summed E-state index contributed by atoms with van der Waals surface area (Å²) < 4.78 is 12.1. The number of amides is 6. The van der Waals surface area contributed by atoms with Crippen LogP contribution in [0.2, 0.25) is 0 Å². The Kier molecular flexibility index (Phi) is 20.3. The Morgan fingerprint density at radius 2 is 1.48 bits per heavy atom. The molecule has 372 valence electrons. The number of imide groups is 1. The lowest BCUT2D eigenvalue weighted by molar-refractivity contribution is -0.150. The summed E-state index contributed by atoms with van der Waals surface area (Å²) in [5, 5.41) is 12.7. The van der Waals surface area contributed by atoms with Crippen LogP contribution >= 0.6 is 0 Å². The minimum Gasteiger partial charge on any atom is -0.480 e. The fourth-order valence-electron chi connectivity index (χ4n) is 10.3. The first kappa shape index (κ1) is 54.6. The Balaban J connectivity index is 1.43. The number of rotatable bonds is 28. The molecule has 67 heavy (non-hydrogen) atoms. The molecule has 2 fully saturated rings. The Hall–Kier alpha value is -4.96. The van der Waals surface area contributed by atoms with Crippen LogP contribution in [0.15, 0.2) is 42.5 Å². The van der Waals surface area contributed by atoms with Crippen LogP contribution in [-0.2, 0) is 54.3 Å². The Labute approximate surface area is 397 Å². The van der Waals surface area contributed by atoms with Crippen molar-refractivity contribution in [3.05, 3.63) is 48.0 Å². The van der Waals surface area contributed by atoms with Crippen LogP contribution in [0, 0.1) is 35.5 Å². The smallest absolute Gasteiger partial charge is 0.326 e. The lowest BCUT2D eigenvalue weighted by Gasteiger charge is -2.41. The van der Waals surface area contributed by atoms with E-state index < -0.39 is 60.1 Å². The molecular weight excluding hydrogens is 859 g/mol. The van der Waals surface area contributed by atoms with Crippen molar-refractivity contribution in [3.63, 3.8) is 0 Å². The fraction of sp³-hybridized carbons (Fsp3) is 0.686. The van der Waals surface area contributed by atoms with E-state index in [0.29, 0.717) is 32.1 Å². The molecule has 1 aromatic rings. The zero-order chi connectivity index (χ0) is 49.9. The predicted octanol–water partition coefficient (Wildman–Crippen LogP) is 4.92. The van der Waals surface area contributed by atoms with Gasteiger partial charge in [-0.2, -0.15) is 0 Å². The molecule has 2 aliphatic heterocycles. The maximum Gasteiger partial charge on any atom is 0.326 e. The van der Waals surface area contributed by atoms with Crippen molar-refractivity contribution in [3.8, 4) is 0 Å². The van der Waals surface area contributed by atoms with E-state index in [2.05, 4.69) is 5.32 Å². The summed E-state index contributed by atoms with van der Waals surface area (Å²) in [5.41, 5.74) is 0.771. The third kappa shape index (κ3) is 13.8. The average molecular weight is 936 g/mol. The summed E-state index contributed by atoms with van der Waals surface area (Å²) in [4.78, 5) is 113. The molecule has 6 amide bonds. The number of nitrogens with one attached hydrogen (secondary N) is 1. The molecule has 0 aromatic heterocycles. The zero-order valence-corrected chi connectivity index (χ0v) is 41.6. The van der Waals surface area contributed by atoms with Crippen LogP contribution in [0.4, 0.5) is 0 Å². The molecule has 2 N–H and O–H groups in total. The number of carbonyl (C=O) groups is 8. The molecule has 1 saturated carbocycles. The largest absolute Gasteiger partial charge is 0.480 e. The number of hydrogen-bond acceptors (Lipinski definition) is 10. The lowest BCUT2D eigenvalue weighted by atomic mass is 9.83. The van der Waals surface area contributed by atoms with Crippen molar-refractivity contribution < 1.29 is 52.9 Å². The molecule has 0 spiro atoms. The lowest BCUT2D eigenvalue weighted by Crippen LogP contribution is -2.55. The number of carboxylic acid groups (broad SMARTS) is 1. The zero-order valence-electron chi connectivity index (χ0n) is 41.6. The predicted molar refractivity (Wildman–Crippen MR) is 252 cm³/mol. The first-order valence-electron chi connectivity index (χ1n) is 24.2. The van der Waals surface area contributed by atoms with Gasteiger partial charge in [0.25, 0.3) is 11.8 Å². The molecule has 1 aromatic carbocycles. The monoisotopic (exact) mass is 936 g/mol. The Bertz CT molecular complexity index is 1920. The molecule has 2 heterocycles. The summed E-state index contributed by atoms with van der Waals surface area (Å²) in [5.74, 6) is -4.97. The van der Waals surface area contributed by atoms with Gasteiger partial charge in [-0.15, -0.1) is 0 Å². The minimum absolute atomic E-state index is 0.0270. The van der Waals surface area contributed by atoms with Gasteiger partial charge in [0.1, 0.15) is 6.04 Å². The van der Waals surface area contributed by atoms with Gasteiger partial charge in [0.15, 0.2) is 5.78 Å². The standard InChI is InChI=1S/C51H77N5O11/c1-12-32(6)47(54(9)50(63)36(30(2)3)28-40(57)46(31(4)5)53(8)42(58)21-17-14-18-24-55-43(59)22-23-44(55)60)41(66-10)29-45(61)56-38-26-35(38)27-39(56)48(67-11)33(7)49(62)52-37(51(64)65)25-34-19-15-13-16-20-34/h13,15-16,19-20,22-23,30-33,35-39,41,46-48H,12,14,17-18,21,24-29H2,1-11H3,(H,52,62)(H,64,65)/t32-,33+,35-,36-,37-,38-,39-,41+,46-,47-,48+/m0/s1. The quantitative estimate of drug-likeness (QED) is 0.0855. The van der Waals surface area contributed by atoms with Crippen LogP contribution in [0.25, 0.3) is 0 Å². The molecule has 0 bridgehead atoms. The van der Waals surface area contributed by atoms with E-state index >= 15 is 0 Å². The number of Topliss-reactive ketones (excluding diaryl/α,β-unsaturated/α-hetero) is 1. The summed E-state index contributed by atoms with van der Waals surface area (Å²) in [6, 6.07) is 6.15. The van der Waals surface area contributed by atoms with E-state index in [4.69, 9.17) is 9.47 Å². The van der Waals surface area contributed by atoms with Gasteiger partial charge >= 0.3 is 5.97 Å². The topological polar surface area (TPSA) is 200 Å². The Morgan fingerprint density at radius 3 is 2.03 bits per heavy atom. The molecule has 1 aliphatic carbocycles. The van der Waals surface area contributed by atoms with Crippen molar-refractivity contribution in [1.82, 2.24) is 24.9 Å². The number of ether oxygens (including phenoxy) is 2. The highest BCUT2D eigenvalue weighted by atomic mass is 16.5. The van der Waals surface area contributed by atoms with E-state index in [9.17, 15) is 43.5 Å². The van der Waals surface area contributed by atoms with Gasteiger partial charge in [0, 0.05) is 78.2 Å². The normalized spacial score (nSPS) is 21.3. The summed E-state index contributed by atoms with van der Waals surface area (Å²) in [7, 11) is 6.36. The minimum atomic E-state index is -1.15. The van der Waals surface area contributed by atoms with Gasteiger partial charge in [-0.05, 0) is 54.9 Å². The maximum absolute atomic E-state index is 14.7. The highest BCUT2D eigenvalue weighted by Crippen LogP contribution is 2.50. The van der Waals surface area contributed by atoms with Crippen molar-refractivity contribution in [2.45, 2.75) is 155 Å². The summed E-state index contributed by atoms with van der Waals surface area (Å²) >= 11 is 0. The second-order valence-electron chi connectivity index (χ2n) is 19.7. The number of unbranched alkanes of at least 4 members (excludes halogenated alkanes) is 2. The van der Waals surface area contributed by atoms with Gasteiger partial charge in [0.2, 0.25) is 23.6 Å². The van der Waals surface area contributed by atoms with E-state index in [0.717, 1.165) is 12.0 Å². The number of fused-ring (bicyclic) bond motifs is 1.